The van der Waals surface area contributed by atoms with Crippen molar-refractivity contribution >= 4 is 17.2 Å². The summed E-state index contributed by atoms with van der Waals surface area (Å²) in [4.78, 5) is 19.4. The zero-order valence-corrected chi connectivity index (χ0v) is 14.0. The molecule has 2 unspecified atom stereocenters. The number of hydrogen-bond acceptors (Lipinski definition) is 4. The number of piperidine rings is 1. The Labute approximate surface area is 140 Å². The van der Waals surface area contributed by atoms with Crippen LogP contribution >= 0.6 is 11.3 Å². The van der Waals surface area contributed by atoms with E-state index < -0.39 is 0 Å². The normalized spacial score (nSPS) is 23.4. The van der Waals surface area contributed by atoms with Crippen molar-refractivity contribution in [3.63, 3.8) is 0 Å². The van der Waals surface area contributed by atoms with E-state index in [9.17, 15) is 4.79 Å². The average molecular weight is 328 g/mol. The molecule has 1 amide bonds. The zero-order chi connectivity index (χ0) is 15.8. The van der Waals surface area contributed by atoms with Gasteiger partial charge in [-0.15, -0.1) is 11.3 Å². The van der Waals surface area contributed by atoms with Crippen molar-refractivity contribution in [1.29, 1.82) is 0 Å². The number of benzene rings is 1. The smallest absolute Gasteiger partial charge is 0.264 e. The number of amides is 1. The van der Waals surface area contributed by atoms with Gasteiger partial charge < -0.3 is 9.64 Å². The lowest BCUT2D eigenvalue weighted by Gasteiger charge is -2.33. The van der Waals surface area contributed by atoms with Gasteiger partial charge >= 0.3 is 0 Å². The van der Waals surface area contributed by atoms with Gasteiger partial charge in [0.2, 0.25) is 0 Å². The first-order chi connectivity index (χ1) is 11.2. The minimum Gasteiger partial charge on any atom is -0.480 e. The molecule has 0 bridgehead atoms. The first-order valence-corrected chi connectivity index (χ1v) is 9.04. The number of carbonyl (C=O) groups excluding carboxylic acids is 1. The Morgan fingerprint density at radius 3 is 3.04 bits per heavy atom. The third kappa shape index (κ3) is 2.85. The van der Waals surface area contributed by atoms with Gasteiger partial charge in [-0.3, -0.25) is 4.79 Å². The van der Waals surface area contributed by atoms with Crippen molar-refractivity contribution < 1.29 is 9.53 Å². The summed E-state index contributed by atoms with van der Waals surface area (Å²) >= 11 is 1.71. The number of aromatic nitrogens is 1. The maximum atomic E-state index is 12.8. The van der Waals surface area contributed by atoms with Crippen LogP contribution in [0.5, 0.6) is 5.75 Å². The summed E-state index contributed by atoms with van der Waals surface area (Å²) in [5.74, 6) is 1.35. The van der Waals surface area contributed by atoms with Crippen LogP contribution in [0.4, 0.5) is 0 Å². The molecule has 1 aromatic heterocycles. The molecule has 2 aliphatic rings. The minimum atomic E-state index is -0.357. The summed E-state index contributed by atoms with van der Waals surface area (Å²) < 4.78 is 5.86. The summed E-state index contributed by atoms with van der Waals surface area (Å²) in [6.07, 6.45) is 2.48. The molecule has 4 nitrogen and oxygen atoms in total. The van der Waals surface area contributed by atoms with Gasteiger partial charge in [-0.1, -0.05) is 18.2 Å². The predicted octanol–water partition coefficient (Wildman–Crippen LogP) is 3.16. The molecule has 1 aromatic carbocycles. The van der Waals surface area contributed by atoms with E-state index in [1.54, 1.807) is 11.3 Å². The van der Waals surface area contributed by atoms with Crippen LogP contribution in [0.1, 0.15) is 35.0 Å². The maximum absolute atomic E-state index is 12.8. The van der Waals surface area contributed by atoms with Crippen LogP contribution < -0.4 is 4.74 Å². The molecule has 23 heavy (non-hydrogen) atoms. The molecule has 3 heterocycles. The highest BCUT2D eigenvalue weighted by Gasteiger charge is 2.35. The summed E-state index contributed by atoms with van der Waals surface area (Å²) in [7, 11) is 0. The Kier molecular flexibility index (Phi) is 3.81. The highest BCUT2D eigenvalue weighted by molar-refractivity contribution is 7.09. The molecule has 2 aromatic rings. The van der Waals surface area contributed by atoms with Crippen molar-refractivity contribution in [3.8, 4) is 5.75 Å². The van der Waals surface area contributed by atoms with Crippen molar-refractivity contribution in [2.24, 2.45) is 0 Å². The summed E-state index contributed by atoms with van der Waals surface area (Å²) in [5, 5.41) is 3.25. The van der Waals surface area contributed by atoms with E-state index in [0.29, 0.717) is 12.3 Å². The number of likely N-dealkylation sites (tertiary alicyclic amines) is 1. The van der Waals surface area contributed by atoms with Gasteiger partial charge in [0.25, 0.3) is 5.91 Å². The summed E-state index contributed by atoms with van der Waals surface area (Å²) in [6, 6.07) is 7.93. The number of nitrogens with zero attached hydrogens (tertiary/aromatic N) is 2. The van der Waals surface area contributed by atoms with E-state index in [1.807, 2.05) is 36.1 Å². The molecule has 1 saturated heterocycles. The molecule has 0 spiro atoms. The van der Waals surface area contributed by atoms with Crippen molar-refractivity contribution in [2.45, 2.75) is 38.2 Å². The number of rotatable bonds is 2. The molecule has 0 aliphatic carbocycles. The van der Waals surface area contributed by atoms with Crippen LogP contribution in [0.2, 0.25) is 0 Å². The SMILES string of the molecule is Cc1csc(C2CCCN(C(=O)C3Cc4ccccc4O3)C2)n1. The van der Waals surface area contributed by atoms with Gasteiger partial charge in [-0.2, -0.15) is 0 Å². The van der Waals surface area contributed by atoms with Gasteiger partial charge in [-0.05, 0) is 31.4 Å². The number of fused-ring (bicyclic) bond motifs is 1. The van der Waals surface area contributed by atoms with E-state index in [2.05, 4.69) is 10.4 Å². The minimum absolute atomic E-state index is 0.124. The van der Waals surface area contributed by atoms with E-state index in [4.69, 9.17) is 4.74 Å². The van der Waals surface area contributed by atoms with Crippen molar-refractivity contribution in [2.75, 3.05) is 13.1 Å². The maximum Gasteiger partial charge on any atom is 0.264 e. The predicted molar refractivity (Wildman–Crippen MR) is 90.0 cm³/mol. The third-order valence-electron chi connectivity index (χ3n) is 4.64. The quantitative estimate of drug-likeness (QED) is 0.850. The highest BCUT2D eigenvalue weighted by Crippen LogP contribution is 2.32. The molecule has 120 valence electrons. The molecule has 2 atom stereocenters. The molecule has 5 heteroatoms. The summed E-state index contributed by atoms with van der Waals surface area (Å²) in [6.45, 7) is 3.62. The highest BCUT2D eigenvalue weighted by atomic mass is 32.1. The third-order valence-corrected chi connectivity index (χ3v) is 5.77. The number of thiazole rings is 1. The fraction of sp³-hybridized carbons (Fsp3) is 0.444. The van der Waals surface area contributed by atoms with Crippen molar-refractivity contribution in [1.82, 2.24) is 9.88 Å². The molecular weight excluding hydrogens is 308 g/mol. The largest absolute Gasteiger partial charge is 0.480 e. The monoisotopic (exact) mass is 328 g/mol. The number of aryl methyl sites for hydroxylation is 1. The van der Waals surface area contributed by atoms with Gasteiger partial charge in [0.1, 0.15) is 5.75 Å². The van der Waals surface area contributed by atoms with E-state index in [1.165, 1.54) is 0 Å². The zero-order valence-electron chi connectivity index (χ0n) is 13.2. The lowest BCUT2D eigenvalue weighted by Crippen LogP contribution is -2.45. The molecule has 4 rings (SSSR count). The Bertz CT molecular complexity index is 702. The lowest BCUT2D eigenvalue weighted by atomic mass is 9.98. The fourth-order valence-electron chi connectivity index (χ4n) is 3.46. The second kappa shape index (κ2) is 5.96. The van der Waals surface area contributed by atoms with Gasteiger partial charge in [0.15, 0.2) is 6.10 Å². The first kappa shape index (κ1) is 14.7. The van der Waals surface area contributed by atoms with Crippen LogP contribution in [-0.2, 0) is 11.2 Å². The Morgan fingerprint density at radius 1 is 1.39 bits per heavy atom. The average Bonchev–Trinajstić information content (AvgIpc) is 3.20. The Hall–Kier alpha value is -1.88. The molecule has 0 radical (unpaired) electrons. The first-order valence-electron chi connectivity index (χ1n) is 8.16. The van der Waals surface area contributed by atoms with Gasteiger partial charge in [0.05, 0.1) is 5.01 Å². The van der Waals surface area contributed by atoms with Crippen LogP contribution in [-0.4, -0.2) is 35.0 Å². The van der Waals surface area contributed by atoms with Gasteiger partial charge in [0, 0.05) is 36.5 Å². The Morgan fingerprint density at radius 2 is 2.26 bits per heavy atom. The number of hydrogen-bond donors (Lipinski definition) is 0. The second-order valence-corrected chi connectivity index (χ2v) is 7.26. The number of para-hydroxylation sites is 1. The Balaban J connectivity index is 1.45. The van der Waals surface area contributed by atoms with Crippen molar-refractivity contribution in [3.05, 3.63) is 45.9 Å². The summed E-state index contributed by atoms with van der Waals surface area (Å²) in [5.41, 5.74) is 2.21. The molecule has 0 N–H and O–H groups in total. The number of ether oxygens (including phenoxy) is 1. The molecule has 0 saturated carbocycles. The van der Waals surface area contributed by atoms with Crippen LogP contribution in [0.15, 0.2) is 29.6 Å². The van der Waals surface area contributed by atoms with Gasteiger partial charge in [-0.25, -0.2) is 4.98 Å². The van der Waals surface area contributed by atoms with Crippen LogP contribution in [0.3, 0.4) is 0 Å². The fourth-order valence-corrected chi connectivity index (χ4v) is 4.39. The lowest BCUT2D eigenvalue weighted by molar-refractivity contribution is -0.139. The molecule has 1 fully saturated rings. The van der Waals surface area contributed by atoms with E-state index in [0.717, 1.165) is 47.9 Å². The van der Waals surface area contributed by atoms with Crippen LogP contribution in [0.25, 0.3) is 0 Å². The molecule has 2 aliphatic heterocycles. The second-order valence-electron chi connectivity index (χ2n) is 6.37. The topological polar surface area (TPSA) is 42.4 Å². The van der Waals surface area contributed by atoms with E-state index >= 15 is 0 Å². The molecular formula is C18H20N2O2S. The number of carbonyl (C=O) groups is 1. The van der Waals surface area contributed by atoms with Crippen LogP contribution in [0, 0.1) is 6.92 Å². The van der Waals surface area contributed by atoms with E-state index in [-0.39, 0.29) is 12.0 Å². The standard InChI is InChI=1S/C18H20N2O2S/c1-12-11-23-17(19-12)14-6-4-8-20(10-14)18(21)16-9-13-5-2-3-7-15(13)22-16/h2-3,5,7,11,14,16H,4,6,8-10H2,1H3.